The lowest BCUT2D eigenvalue weighted by Crippen LogP contribution is -1.98. The van der Waals surface area contributed by atoms with Crippen molar-refractivity contribution >= 4 is 5.57 Å². The van der Waals surface area contributed by atoms with E-state index >= 15 is 0 Å². The highest BCUT2D eigenvalue weighted by atomic mass is 14.2. The fourth-order valence-corrected chi connectivity index (χ4v) is 3.02. The van der Waals surface area contributed by atoms with Crippen molar-refractivity contribution in [2.75, 3.05) is 0 Å². The maximum absolute atomic E-state index is 4.15. The number of hydrogen-bond donors (Lipinski definition) is 0. The molecule has 0 aliphatic carbocycles. The minimum absolute atomic E-state index is 0.932. The van der Waals surface area contributed by atoms with Crippen LogP contribution in [0.3, 0.4) is 0 Å². The Hall–Kier alpha value is -2.34. The topological polar surface area (TPSA) is 0 Å². The molecule has 0 unspecified atom stereocenters. The Balaban J connectivity index is 2.36. The lowest BCUT2D eigenvalue weighted by atomic mass is 9.88. The van der Waals surface area contributed by atoms with Crippen molar-refractivity contribution < 1.29 is 0 Å². The van der Waals surface area contributed by atoms with Gasteiger partial charge in [-0.25, -0.2) is 0 Å². The number of hydrogen-bond acceptors (Lipinski definition) is 0. The molecule has 0 aliphatic heterocycles. The van der Waals surface area contributed by atoms with Crippen LogP contribution < -0.4 is 0 Å². The minimum atomic E-state index is 0.932. The monoisotopic (exact) mass is 316 g/mol. The second-order valence-corrected chi connectivity index (χ2v) is 6.70. The summed E-state index contributed by atoms with van der Waals surface area (Å²) in [5.41, 5.74) is 8.02. The Morgan fingerprint density at radius 3 is 1.83 bits per heavy atom. The van der Waals surface area contributed by atoms with E-state index in [0.717, 1.165) is 25.7 Å². The summed E-state index contributed by atoms with van der Waals surface area (Å²) in [6.45, 7) is 12.5. The molecular weight excluding hydrogens is 288 g/mol. The zero-order valence-corrected chi connectivity index (χ0v) is 15.0. The zero-order valence-electron chi connectivity index (χ0n) is 15.0. The van der Waals surface area contributed by atoms with Crippen LogP contribution in [0, 0.1) is 0 Å². The molecule has 0 aliphatic rings. The molecule has 0 aromatic heterocycles. The normalized spacial score (nSPS) is 11.8. The average molecular weight is 316 g/mol. The van der Waals surface area contributed by atoms with E-state index in [1.807, 2.05) is 0 Å². The van der Waals surface area contributed by atoms with Gasteiger partial charge in [-0.15, -0.1) is 0 Å². The van der Waals surface area contributed by atoms with Crippen LogP contribution in [-0.2, 0) is 6.42 Å². The Kier molecular flexibility index (Phi) is 6.81. The molecule has 0 N–H and O–H groups in total. The first-order valence-electron chi connectivity index (χ1n) is 8.65. The standard InChI is InChI=1S/C24H28/c1-19(2)17-23(16-15-21-11-7-5-8-12-21)24(18-20(3)4)22-13-9-6-10-14-22/h5-14H,1,3,15-18H2,2,4H3. The van der Waals surface area contributed by atoms with Gasteiger partial charge in [0.25, 0.3) is 0 Å². The maximum Gasteiger partial charge on any atom is -0.00670 e. The summed E-state index contributed by atoms with van der Waals surface area (Å²) in [6.07, 6.45) is 4.02. The highest BCUT2D eigenvalue weighted by Crippen LogP contribution is 2.31. The summed E-state index contributed by atoms with van der Waals surface area (Å²) in [5.74, 6) is 0. The van der Waals surface area contributed by atoms with Gasteiger partial charge in [-0.2, -0.15) is 0 Å². The summed E-state index contributed by atoms with van der Waals surface area (Å²) in [7, 11) is 0. The molecule has 0 radical (unpaired) electrons. The molecule has 0 fully saturated rings. The molecule has 0 saturated heterocycles. The first-order chi connectivity index (χ1) is 11.6. The van der Waals surface area contributed by atoms with Crippen LogP contribution in [0.1, 0.15) is 44.2 Å². The Morgan fingerprint density at radius 1 is 0.750 bits per heavy atom. The number of aryl methyl sites for hydroxylation is 1. The zero-order chi connectivity index (χ0) is 17.4. The van der Waals surface area contributed by atoms with E-state index < -0.39 is 0 Å². The van der Waals surface area contributed by atoms with Crippen LogP contribution in [0.15, 0.2) is 90.5 Å². The van der Waals surface area contributed by atoms with Gasteiger partial charge in [-0.1, -0.05) is 90.5 Å². The molecule has 0 heteroatoms. The number of benzene rings is 2. The van der Waals surface area contributed by atoms with Crippen LogP contribution in [-0.4, -0.2) is 0 Å². The Labute approximate surface area is 147 Å². The summed E-state index contributed by atoms with van der Waals surface area (Å²) in [5, 5.41) is 0. The fraction of sp³-hybridized carbons (Fsp3) is 0.250. The summed E-state index contributed by atoms with van der Waals surface area (Å²) < 4.78 is 0. The lowest BCUT2D eigenvalue weighted by Gasteiger charge is -2.17. The van der Waals surface area contributed by atoms with Crippen molar-refractivity contribution in [2.24, 2.45) is 0 Å². The average Bonchev–Trinajstić information content (AvgIpc) is 2.58. The SMILES string of the molecule is C=C(C)CC(CCc1ccccc1)=C(CC(=C)C)c1ccccc1. The van der Waals surface area contributed by atoms with E-state index in [0.29, 0.717) is 0 Å². The third-order valence-corrected chi connectivity index (χ3v) is 4.10. The van der Waals surface area contributed by atoms with E-state index in [1.165, 1.54) is 33.4 Å². The molecule has 2 aromatic carbocycles. The van der Waals surface area contributed by atoms with Crippen LogP contribution in [0.25, 0.3) is 5.57 Å². The largest absolute Gasteiger partial charge is 0.0998 e. The smallest absolute Gasteiger partial charge is 0.00670 e. The van der Waals surface area contributed by atoms with Crippen molar-refractivity contribution in [1.29, 1.82) is 0 Å². The molecule has 0 bridgehead atoms. The summed E-state index contributed by atoms with van der Waals surface area (Å²) >= 11 is 0. The second kappa shape index (κ2) is 9.08. The van der Waals surface area contributed by atoms with Gasteiger partial charge in [0, 0.05) is 0 Å². The van der Waals surface area contributed by atoms with Crippen LogP contribution >= 0.6 is 0 Å². The van der Waals surface area contributed by atoms with Gasteiger partial charge in [0.1, 0.15) is 0 Å². The van der Waals surface area contributed by atoms with Gasteiger partial charge in [-0.3, -0.25) is 0 Å². The minimum Gasteiger partial charge on any atom is -0.0998 e. The van der Waals surface area contributed by atoms with Crippen LogP contribution in [0.4, 0.5) is 0 Å². The predicted molar refractivity (Wildman–Crippen MR) is 107 cm³/mol. The van der Waals surface area contributed by atoms with E-state index in [9.17, 15) is 0 Å². The second-order valence-electron chi connectivity index (χ2n) is 6.70. The van der Waals surface area contributed by atoms with Gasteiger partial charge < -0.3 is 0 Å². The lowest BCUT2D eigenvalue weighted by molar-refractivity contribution is 0.891. The highest BCUT2D eigenvalue weighted by Gasteiger charge is 2.11. The molecule has 0 heterocycles. The molecule has 0 saturated carbocycles. The highest BCUT2D eigenvalue weighted by molar-refractivity contribution is 5.71. The molecule has 124 valence electrons. The summed E-state index contributed by atoms with van der Waals surface area (Å²) in [4.78, 5) is 0. The van der Waals surface area contributed by atoms with Gasteiger partial charge in [0.05, 0.1) is 0 Å². The van der Waals surface area contributed by atoms with E-state index in [4.69, 9.17) is 0 Å². The first-order valence-corrected chi connectivity index (χ1v) is 8.65. The van der Waals surface area contributed by atoms with E-state index in [1.54, 1.807) is 0 Å². The Bertz CT molecular complexity index is 702. The van der Waals surface area contributed by atoms with Crippen molar-refractivity contribution in [3.8, 4) is 0 Å². The molecule has 24 heavy (non-hydrogen) atoms. The first kappa shape index (κ1) is 18.0. The van der Waals surface area contributed by atoms with Gasteiger partial charge in [0.15, 0.2) is 0 Å². The van der Waals surface area contributed by atoms with Crippen LogP contribution in [0.2, 0.25) is 0 Å². The quantitative estimate of drug-likeness (QED) is 0.460. The van der Waals surface area contributed by atoms with Gasteiger partial charge in [0.2, 0.25) is 0 Å². The molecular formula is C24H28. The third kappa shape index (κ3) is 5.70. The molecule has 0 atom stereocenters. The van der Waals surface area contributed by atoms with E-state index in [-0.39, 0.29) is 0 Å². The molecule has 2 rings (SSSR count). The molecule has 0 spiro atoms. The third-order valence-electron chi connectivity index (χ3n) is 4.10. The van der Waals surface area contributed by atoms with Crippen molar-refractivity contribution in [3.63, 3.8) is 0 Å². The number of allylic oxidation sites excluding steroid dienone is 4. The molecule has 2 aromatic rings. The Morgan fingerprint density at radius 2 is 1.29 bits per heavy atom. The molecule has 0 amide bonds. The molecule has 0 nitrogen and oxygen atoms in total. The van der Waals surface area contributed by atoms with E-state index in [2.05, 4.69) is 87.7 Å². The van der Waals surface area contributed by atoms with Gasteiger partial charge >= 0.3 is 0 Å². The van der Waals surface area contributed by atoms with Crippen LogP contribution in [0.5, 0.6) is 0 Å². The van der Waals surface area contributed by atoms with Gasteiger partial charge in [-0.05, 0) is 56.2 Å². The summed E-state index contributed by atoms with van der Waals surface area (Å²) in [6, 6.07) is 21.4. The van der Waals surface area contributed by atoms with Crippen molar-refractivity contribution in [1.82, 2.24) is 0 Å². The fourth-order valence-electron chi connectivity index (χ4n) is 3.02. The number of rotatable bonds is 8. The predicted octanol–water partition coefficient (Wildman–Crippen LogP) is 7.01. The van der Waals surface area contributed by atoms with Crippen molar-refractivity contribution in [2.45, 2.75) is 39.5 Å². The van der Waals surface area contributed by atoms with Crippen molar-refractivity contribution in [3.05, 3.63) is 102 Å². The maximum atomic E-state index is 4.15.